The number of carbonyl (C=O) groups is 2. The predicted molar refractivity (Wildman–Crippen MR) is 97.8 cm³/mol. The first-order valence-corrected chi connectivity index (χ1v) is 8.82. The molecule has 1 amide bonds. The lowest BCUT2D eigenvalue weighted by Crippen LogP contribution is -2.39. The van der Waals surface area contributed by atoms with Gasteiger partial charge in [0, 0.05) is 19.6 Å². The van der Waals surface area contributed by atoms with Gasteiger partial charge in [-0.05, 0) is 32.6 Å². The Morgan fingerprint density at radius 1 is 1.19 bits per heavy atom. The third kappa shape index (κ3) is 4.36. The molecular weight excluding hydrogens is 348 g/mol. The van der Waals surface area contributed by atoms with Crippen molar-refractivity contribution in [1.82, 2.24) is 25.3 Å². The number of amides is 1. The van der Waals surface area contributed by atoms with Gasteiger partial charge in [-0.15, -0.1) is 0 Å². The van der Waals surface area contributed by atoms with Crippen molar-refractivity contribution in [1.29, 1.82) is 0 Å². The van der Waals surface area contributed by atoms with Crippen LogP contribution in [0.25, 0.3) is 0 Å². The highest BCUT2D eigenvalue weighted by molar-refractivity contribution is 5.96. The monoisotopic (exact) mass is 370 g/mol. The molecule has 0 bridgehead atoms. The standard InChI is InChI=1S/C18H22N6O3/c1-11-16(12(2)22-10-21-11)17(25)20-7-13-3-5-24(6-4-13)15-9-19-8-14(23-15)18(26)27/h8-10,13H,3-7H2,1-2H3,(H,20,25)(H,26,27). The summed E-state index contributed by atoms with van der Waals surface area (Å²) in [5.41, 5.74) is 1.83. The van der Waals surface area contributed by atoms with Crippen molar-refractivity contribution in [2.24, 2.45) is 5.92 Å². The molecule has 0 aliphatic carbocycles. The van der Waals surface area contributed by atoms with E-state index in [1.807, 2.05) is 4.90 Å². The Bertz CT molecular complexity index is 828. The zero-order chi connectivity index (χ0) is 19.4. The summed E-state index contributed by atoms with van der Waals surface area (Å²) in [5, 5.41) is 12.0. The van der Waals surface area contributed by atoms with Crippen LogP contribution in [-0.2, 0) is 0 Å². The number of anilines is 1. The van der Waals surface area contributed by atoms with Crippen molar-refractivity contribution in [3.8, 4) is 0 Å². The molecule has 0 saturated carbocycles. The fraction of sp³-hybridized carbons (Fsp3) is 0.444. The van der Waals surface area contributed by atoms with E-state index in [1.165, 1.54) is 12.5 Å². The lowest BCUT2D eigenvalue weighted by atomic mass is 9.96. The molecule has 9 nitrogen and oxygen atoms in total. The second-order valence-electron chi connectivity index (χ2n) is 6.63. The van der Waals surface area contributed by atoms with Gasteiger partial charge >= 0.3 is 5.97 Å². The van der Waals surface area contributed by atoms with Crippen molar-refractivity contribution in [2.75, 3.05) is 24.5 Å². The molecule has 2 aromatic heterocycles. The molecule has 0 spiro atoms. The van der Waals surface area contributed by atoms with Gasteiger partial charge in [0.15, 0.2) is 5.69 Å². The first kappa shape index (κ1) is 18.7. The molecular formula is C18H22N6O3. The molecule has 3 rings (SSSR count). The lowest BCUT2D eigenvalue weighted by molar-refractivity contribution is 0.0689. The number of carboxylic acid groups (broad SMARTS) is 1. The number of piperidine rings is 1. The highest BCUT2D eigenvalue weighted by Crippen LogP contribution is 2.21. The molecule has 3 heterocycles. The van der Waals surface area contributed by atoms with Gasteiger partial charge in [-0.1, -0.05) is 0 Å². The van der Waals surface area contributed by atoms with Crippen LogP contribution in [0.3, 0.4) is 0 Å². The van der Waals surface area contributed by atoms with Crippen LogP contribution in [0.4, 0.5) is 5.82 Å². The molecule has 1 fully saturated rings. The quantitative estimate of drug-likeness (QED) is 0.806. The Morgan fingerprint density at radius 3 is 2.48 bits per heavy atom. The third-order valence-electron chi connectivity index (χ3n) is 4.78. The number of carbonyl (C=O) groups excluding carboxylic acids is 1. The summed E-state index contributed by atoms with van der Waals surface area (Å²) < 4.78 is 0. The number of aryl methyl sites for hydroxylation is 2. The molecule has 2 N–H and O–H groups in total. The number of carboxylic acids is 1. The molecule has 9 heteroatoms. The maximum Gasteiger partial charge on any atom is 0.356 e. The van der Waals surface area contributed by atoms with E-state index in [1.54, 1.807) is 20.0 Å². The smallest absolute Gasteiger partial charge is 0.356 e. The summed E-state index contributed by atoms with van der Waals surface area (Å²) in [5.74, 6) is -0.304. The topological polar surface area (TPSA) is 121 Å². The van der Waals surface area contributed by atoms with Gasteiger partial charge in [0.1, 0.15) is 12.1 Å². The minimum atomic E-state index is -1.09. The minimum absolute atomic E-state index is 0.0577. The molecule has 1 aliphatic heterocycles. The Balaban J connectivity index is 1.53. The lowest BCUT2D eigenvalue weighted by Gasteiger charge is -2.32. The van der Waals surface area contributed by atoms with Crippen LogP contribution in [-0.4, -0.2) is 56.6 Å². The van der Waals surface area contributed by atoms with Crippen molar-refractivity contribution in [3.05, 3.63) is 41.4 Å². The first-order valence-electron chi connectivity index (χ1n) is 8.82. The van der Waals surface area contributed by atoms with Gasteiger partial charge in [-0.3, -0.25) is 9.78 Å². The number of aromatic carboxylic acids is 1. The average molecular weight is 370 g/mol. The van der Waals surface area contributed by atoms with Crippen LogP contribution >= 0.6 is 0 Å². The van der Waals surface area contributed by atoms with E-state index in [4.69, 9.17) is 5.11 Å². The molecule has 0 aromatic carbocycles. The number of nitrogens with one attached hydrogen (secondary N) is 1. The van der Waals surface area contributed by atoms with Gasteiger partial charge < -0.3 is 15.3 Å². The van der Waals surface area contributed by atoms with Gasteiger partial charge in [0.05, 0.1) is 29.3 Å². The van der Waals surface area contributed by atoms with Crippen molar-refractivity contribution in [3.63, 3.8) is 0 Å². The highest BCUT2D eigenvalue weighted by atomic mass is 16.4. The van der Waals surface area contributed by atoms with Crippen molar-refractivity contribution >= 4 is 17.7 Å². The maximum atomic E-state index is 12.4. The van der Waals surface area contributed by atoms with E-state index in [2.05, 4.69) is 25.3 Å². The summed E-state index contributed by atoms with van der Waals surface area (Å²) in [6.45, 7) is 5.67. The van der Waals surface area contributed by atoms with E-state index in [0.717, 1.165) is 25.9 Å². The Morgan fingerprint density at radius 2 is 1.85 bits per heavy atom. The predicted octanol–water partition coefficient (Wildman–Crippen LogP) is 1.23. The number of nitrogens with zero attached hydrogens (tertiary/aromatic N) is 5. The molecule has 2 aromatic rings. The Kier molecular flexibility index (Phi) is 5.58. The van der Waals surface area contributed by atoms with E-state index in [9.17, 15) is 9.59 Å². The van der Waals surface area contributed by atoms with E-state index in [-0.39, 0.29) is 11.6 Å². The number of hydrogen-bond donors (Lipinski definition) is 2. The molecule has 0 atom stereocenters. The van der Waals surface area contributed by atoms with Gasteiger partial charge in [-0.25, -0.2) is 19.7 Å². The van der Waals surface area contributed by atoms with Crippen LogP contribution < -0.4 is 10.2 Å². The largest absolute Gasteiger partial charge is 0.476 e. The van der Waals surface area contributed by atoms with Crippen LogP contribution in [0.1, 0.15) is 45.1 Å². The fourth-order valence-electron chi connectivity index (χ4n) is 3.22. The maximum absolute atomic E-state index is 12.4. The van der Waals surface area contributed by atoms with Crippen LogP contribution in [0.2, 0.25) is 0 Å². The summed E-state index contributed by atoms with van der Waals surface area (Å²) in [7, 11) is 0. The first-order chi connectivity index (χ1) is 13.0. The Labute approximate surface area is 156 Å². The third-order valence-corrected chi connectivity index (χ3v) is 4.78. The SMILES string of the molecule is Cc1ncnc(C)c1C(=O)NCC1CCN(c2cncc(C(=O)O)n2)CC1. The highest BCUT2D eigenvalue weighted by Gasteiger charge is 2.22. The average Bonchev–Trinajstić information content (AvgIpc) is 2.67. The van der Waals surface area contributed by atoms with Crippen LogP contribution in [0.5, 0.6) is 0 Å². The van der Waals surface area contributed by atoms with Gasteiger partial charge in [-0.2, -0.15) is 0 Å². The second-order valence-corrected chi connectivity index (χ2v) is 6.63. The zero-order valence-electron chi connectivity index (χ0n) is 15.3. The number of aromatic nitrogens is 4. The molecule has 27 heavy (non-hydrogen) atoms. The van der Waals surface area contributed by atoms with E-state index >= 15 is 0 Å². The molecule has 0 radical (unpaired) electrons. The van der Waals surface area contributed by atoms with Crippen molar-refractivity contribution < 1.29 is 14.7 Å². The van der Waals surface area contributed by atoms with E-state index < -0.39 is 5.97 Å². The van der Waals surface area contributed by atoms with Crippen LogP contribution in [0, 0.1) is 19.8 Å². The van der Waals surface area contributed by atoms with Crippen LogP contribution in [0.15, 0.2) is 18.7 Å². The van der Waals surface area contributed by atoms with Crippen molar-refractivity contribution in [2.45, 2.75) is 26.7 Å². The van der Waals surface area contributed by atoms with Gasteiger partial charge in [0.2, 0.25) is 0 Å². The molecule has 0 unspecified atom stereocenters. The molecule has 142 valence electrons. The summed E-state index contributed by atoms with van der Waals surface area (Å²) in [4.78, 5) is 41.8. The summed E-state index contributed by atoms with van der Waals surface area (Å²) >= 11 is 0. The zero-order valence-corrected chi connectivity index (χ0v) is 15.3. The fourth-order valence-corrected chi connectivity index (χ4v) is 3.22. The normalized spacial score (nSPS) is 14.8. The number of hydrogen-bond acceptors (Lipinski definition) is 7. The molecule has 1 saturated heterocycles. The Hall–Kier alpha value is -3.10. The molecule has 1 aliphatic rings. The summed E-state index contributed by atoms with van der Waals surface area (Å²) in [6, 6.07) is 0. The number of rotatable bonds is 5. The second kappa shape index (κ2) is 8.07. The van der Waals surface area contributed by atoms with Gasteiger partial charge in [0.25, 0.3) is 5.91 Å². The minimum Gasteiger partial charge on any atom is -0.476 e. The van der Waals surface area contributed by atoms with E-state index in [0.29, 0.717) is 35.2 Å². The summed E-state index contributed by atoms with van der Waals surface area (Å²) in [6.07, 6.45) is 6.03.